The fourth-order valence-corrected chi connectivity index (χ4v) is 3.45. The maximum absolute atomic E-state index is 12.4. The van der Waals surface area contributed by atoms with E-state index in [0.717, 1.165) is 5.56 Å². The van der Waals surface area contributed by atoms with E-state index in [-0.39, 0.29) is 21.8 Å². The monoisotopic (exact) mass is 421 g/mol. The van der Waals surface area contributed by atoms with Gasteiger partial charge in [-0.05, 0) is 58.8 Å². The minimum Gasteiger partial charge on any atom is -0.489 e. The molecule has 0 fully saturated rings. The summed E-state index contributed by atoms with van der Waals surface area (Å²) in [5.41, 5.74) is 1.24. The highest BCUT2D eigenvalue weighted by molar-refractivity contribution is 7.07. The van der Waals surface area contributed by atoms with Gasteiger partial charge < -0.3 is 15.2 Å². The molecule has 0 saturated carbocycles. The van der Waals surface area contributed by atoms with Gasteiger partial charge in [0, 0.05) is 5.02 Å². The van der Waals surface area contributed by atoms with Crippen molar-refractivity contribution in [3.05, 3.63) is 80.0 Å². The number of anilines is 1. The number of halogens is 2. The molecule has 0 spiro atoms. The van der Waals surface area contributed by atoms with E-state index in [1.54, 1.807) is 17.4 Å². The summed E-state index contributed by atoms with van der Waals surface area (Å²) in [5.74, 6) is -1.33. The first-order valence-corrected chi connectivity index (χ1v) is 9.41. The highest BCUT2D eigenvalue weighted by Gasteiger charge is 2.17. The summed E-state index contributed by atoms with van der Waals surface area (Å²) in [6, 6.07) is 10.8. The largest absolute Gasteiger partial charge is 0.489 e. The Labute approximate surface area is 169 Å². The zero-order chi connectivity index (χ0) is 19.4. The topological polar surface area (TPSA) is 75.6 Å². The van der Waals surface area contributed by atoms with Crippen LogP contribution in [0.4, 0.5) is 5.69 Å². The number of carboxylic acid groups (broad SMARTS) is 1. The Morgan fingerprint density at radius 3 is 2.56 bits per heavy atom. The fourth-order valence-electron chi connectivity index (χ4n) is 2.30. The minimum absolute atomic E-state index is 0.0868. The summed E-state index contributed by atoms with van der Waals surface area (Å²) in [6.07, 6.45) is 0. The molecular weight excluding hydrogens is 409 g/mol. The van der Waals surface area contributed by atoms with Crippen molar-refractivity contribution in [2.75, 3.05) is 5.32 Å². The van der Waals surface area contributed by atoms with E-state index < -0.39 is 11.9 Å². The van der Waals surface area contributed by atoms with E-state index >= 15 is 0 Å². The maximum atomic E-state index is 12.4. The van der Waals surface area contributed by atoms with Crippen LogP contribution in [0, 0.1) is 0 Å². The van der Waals surface area contributed by atoms with E-state index in [9.17, 15) is 14.7 Å². The van der Waals surface area contributed by atoms with Gasteiger partial charge >= 0.3 is 5.97 Å². The molecule has 0 aliphatic rings. The lowest BCUT2D eigenvalue weighted by Crippen LogP contribution is -2.15. The van der Waals surface area contributed by atoms with Gasteiger partial charge in [-0.15, -0.1) is 0 Å². The molecule has 0 aliphatic carbocycles. The van der Waals surface area contributed by atoms with Crippen molar-refractivity contribution in [3.63, 3.8) is 0 Å². The number of carbonyl (C=O) groups is 2. The van der Waals surface area contributed by atoms with Crippen LogP contribution in [-0.4, -0.2) is 17.0 Å². The summed E-state index contributed by atoms with van der Waals surface area (Å²) in [7, 11) is 0. The van der Waals surface area contributed by atoms with Crippen LogP contribution in [0.1, 0.15) is 26.3 Å². The van der Waals surface area contributed by atoms with Gasteiger partial charge in [0.2, 0.25) is 0 Å². The molecule has 0 radical (unpaired) electrons. The van der Waals surface area contributed by atoms with Crippen LogP contribution >= 0.6 is 34.5 Å². The van der Waals surface area contributed by atoms with Crippen molar-refractivity contribution >= 4 is 52.1 Å². The standard InChI is InChI=1S/C19H13Cl2NO4S/c20-12-1-3-14(16(21)7-12)18(23)22-17-4-2-13(8-15(17)19(24)25)26-9-11-5-6-27-10-11/h1-8,10H,9H2,(H,22,23)(H,24,25). The molecule has 1 aromatic heterocycles. The summed E-state index contributed by atoms with van der Waals surface area (Å²) >= 11 is 13.4. The molecule has 0 unspecified atom stereocenters. The number of carbonyl (C=O) groups excluding carboxylic acids is 1. The molecule has 138 valence electrons. The predicted octanol–water partition coefficient (Wildman–Crippen LogP) is 5.58. The van der Waals surface area contributed by atoms with Crippen LogP contribution in [0.2, 0.25) is 10.0 Å². The molecule has 2 N–H and O–H groups in total. The smallest absolute Gasteiger partial charge is 0.337 e. The molecule has 0 bridgehead atoms. The SMILES string of the molecule is O=C(Nc1ccc(OCc2ccsc2)cc1C(=O)O)c1ccc(Cl)cc1Cl. The number of rotatable bonds is 6. The summed E-state index contributed by atoms with van der Waals surface area (Å²) in [5, 5.41) is 16.5. The van der Waals surface area contributed by atoms with Crippen LogP contribution < -0.4 is 10.1 Å². The van der Waals surface area contributed by atoms with Gasteiger partial charge in [0.1, 0.15) is 12.4 Å². The molecule has 27 heavy (non-hydrogen) atoms. The molecule has 2 aromatic carbocycles. The third kappa shape index (κ3) is 4.80. The van der Waals surface area contributed by atoms with Gasteiger partial charge in [-0.2, -0.15) is 11.3 Å². The average Bonchev–Trinajstić information content (AvgIpc) is 3.14. The van der Waals surface area contributed by atoms with Gasteiger partial charge in [-0.25, -0.2) is 4.79 Å². The Morgan fingerprint density at radius 1 is 1.07 bits per heavy atom. The van der Waals surface area contributed by atoms with Gasteiger partial charge in [-0.3, -0.25) is 4.79 Å². The highest BCUT2D eigenvalue weighted by atomic mass is 35.5. The number of aromatic carboxylic acids is 1. The third-order valence-corrected chi connectivity index (χ3v) is 4.91. The number of thiophene rings is 1. The van der Waals surface area contributed by atoms with Crippen LogP contribution in [0.15, 0.2) is 53.2 Å². The molecule has 1 heterocycles. The number of benzene rings is 2. The Kier molecular flexibility index (Phi) is 6.01. The van der Waals surface area contributed by atoms with Gasteiger partial charge in [0.25, 0.3) is 5.91 Å². The van der Waals surface area contributed by atoms with E-state index in [1.807, 2.05) is 16.8 Å². The van der Waals surface area contributed by atoms with Crippen molar-refractivity contribution in [3.8, 4) is 5.75 Å². The van der Waals surface area contributed by atoms with Gasteiger partial charge in [-0.1, -0.05) is 23.2 Å². The minimum atomic E-state index is -1.19. The molecule has 0 saturated heterocycles. The summed E-state index contributed by atoms with van der Waals surface area (Å²) in [4.78, 5) is 24.0. The van der Waals surface area contributed by atoms with E-state index in [1.165, 1.54) is 30.3 Å². The quantitative estimate of drug-likeness (QED) is 0.544. The van der Waals surface area contributed by atoms with Crippen molar-refractivity contribution in [1.82, 2.24) is 0 Å². The summed E-state index contributed by atoms with van der Waals surface area (Å²) in [6.45, 7) is 0.328. The fraction of sp³-hybridized carbons (Fsp3) is 0.0526. The first kappa shape index (κ1) is 19.2. The number of hydrogen-bond donors (Lipinski definition) is 2. The van der Waals surface area contributed by atoms with E-state index in [0.29, 0.717) is 17.4 Å². The Morgan fingerprint density at radius 2 is 1.89 bits per heavy atom. The lowest BCUT2D eigenvalue weighted by Gasteiger charge is -2.12. The van der Waals surface area contributed by atoms with Gasteiger partial charge in [0.15, 0.2) is 0 Å². The first-order valence-electron chi connectivity index (χ1n) is 7.71. The zero-order valence-electron chi connectivity index (χ0n) is 13.7. The van der Waals surface area contributed by atoms with E-state index in [2.05, 4.69) is 5.32 Å². The molecule has 3 aromatic rings. The van der Waals surface area contributed by atoms with Crippen molar-refractivity contribution < 1.29 is 19.4 Å². The second-order valence-electron chi connectivity index (χ2n) is 5.51. The molecule has 3 rings (SSSR count). The number of nitrogens with one attached hydrogen (secondary N) is 1. The molecule has 8 heteroatoms. The normalized spacial score (nSPS) is 10.4. The molecular formula is C19H13Cl2NO4S. The van der Waals surface area contributed by atoms with Crippen LogP contribution in [0.5, 0.6) is 5.75 Å². The zero-order valence-corrected chi connectivity index (χ0v) is 16.1. The Balaban J connectivity index is 1.80. The molecule has 0 aliphatic heterocycles. The van der Waals surface area contributed by atoms with E-state index in [4.69, 9.17) is 27.9 Å². The average molecular weight is 422 g/mol. The van der Waals surface area contributed by atoms with Crippen molar-refractivity contribution in [2.45, 2.75) is 6.61 Å². The molecule has 0 atom stereocenters. The summed E-state index contributed by atoms with van der Waals surface area (Å²) < 4.78 is 5.61. The highest BCUT2D eigenvalue weighted by Crippen LogP contribution is 2.26. The second-order valence-corrected chi connectivity index (χ2v) is 7.13. The molecule has 5 nitrogen and oxygen atoms in total. The van der Waals surface area contributed by atoms with Crippen LogP contribution in [-0.2, 0) is 6.61 Å². The Hall–Kier alpha value is -2.54. The number of amides is 1. The van der Waals surface area contributed by atoms with Gasteiger partial charge in [0.05, 0.1) is 21.8 Å². The number of ether oxygens (including phenoxy) is 1. The lowest BCUT2D eigenvalue weighted by atomic mass is 10.1. The van der Waals surface area contributed by atoms with Crippen LogP contribution in [0.3, 0.4) is 0 Å². The lowest BCUT2D eigenvalue weighted by molar-refractivity contribution is 0.0697. The molecule has 1 amide bonds. The first-order chi connectivity index (χ1) is 12.9. The van der Waals surface area contributed by atoms with Crippen molar-refractivity contribution in [1.29, 1.82) is 0 Å². The third-order valence-electron chi connectivity index (χ3n) is 3.63. The Bertz CT molecular complexity index is 989. The van der Waals surface area contributed by atoms with Crippen LogP contribution in [0.25, 0.3) is 0 Å². The maximum Gasteiger partial charge on any atom is 0.337 e. The number of hydrogen-bond acceptors (Lipinski definition) is 4. The predicted molar refractivity (Wildman–Crippen MR) is 106 cm³/mol. The number of carboxylic acids is 1. The second kappa shape index (κ2) is 8.43. The van der Waals surface area contributed by atoms with Crippen molar-refractivity contribution in [2.24, 2.45) is 0 Å².